The van der Waals surface area contributed by atoms with E-state index >= 15 is 0 Å². The highest BCUT2D eigenvalue weighted by molar-refractivity contribution is 9.10. The van der Waals surface area contributed by atoms with Gasteiger partial charge in [0, 0.05) is 21.3 Å². The van der Waals surface area contributed by atoms with E-state index in [9.17, 15) is 8.42 Å². The topological polar surface area (TPSA) is 46.2 Å². The van der Waals surface area contributed by atoms with Crippen molar-refractivity contribution in [3.05, 3.63) is 20.8 Å². The van der Waals surface area contributed by atoms with Crippen molar-refractivity contribution in [1.82, 2.24) is 4.72 Å². The molecule has 0 saturated heterocycles. The lowest BCUT2D eigenvalue weighted by molar-refractivity contribution is 0.580. The summed E-state index contributed by atoms with van der Waals surface area (Å²) < 4.78 is 26.3. The molecule has 0 saturated carbocycles. The van der Waals surface area contributed by atoms with Crippen molar-refractivity contribution in [3.63, 3.8) is 0 Å². The second-order valence-electron chi connectivity index (χ2n) is 3.19. The molecule has 0 spiro atoms. The molecule has 0 aliphatic heterocycles. The molecule has 0 aliphatic carbocycles. The first-order valence-corrected chi connectivity index (χ1v) is 8.06. The molecule has 0 bridgehead atoms. The summed E-state index contributed by atoms with van der Waals surface area (Å²) in [5.74, 6) is 0.209. The lowest BCUT2D eigenvalue weighted by Gasteiger charge is -2.03. The van der Waals surface area contributed by atoms with Gasteiger partial charge >= 0.3 is 0 Å². The van der Waals surface area contributed by atoms with E-state index in [4.69, 9.17) is 0 Å². The van der Waals surface area contributed by atoms with Crippen LogP contribution in [0.1, 0.15) is 18.2 Å². The first-order valence-electron chi connectivity index (χ1n) is 4.74. The molecule has 3 nitrogen and oxygen atoms in total. The standard InChI is InChI=1S/C9H14BrNO2S2/c1-2-5-15(12,13)11-4-3-9-6-8(10)7-14-9/h6-7,11H,2-5H2,1H3. The van der Waals surface area contributed by atoms with Crippen LogP contribution in [0.5, 0.6) is 0 Å². The average molecular weight is 312 g/mol. The smallest absolute Gasteiger partial charge is 0.211 e. The van der Waals surface area contributed by atoms with Crippen molar-refractivity contribution >= 4 is 37.3 Å². The monoisotopic (exact) mass is 311 g/mol. The van der Waals surface area contributed by atoms with Gasteiger partial charge in [-0.25, -0.2) is 13.1 Å². The van der Waals surface area contributed by atoms with Crippen molar-refractivity contribution in [2.45, 2.75) is 19.8 Å². The van der Waals surface area contributed by atoms with Crippen LogP contribution in [0, 0.1) is 0 Å². The molecule has 6 heteroatoms. The number of hydrogen-bond donors (Lipinski definition) is 1. The third kappa shape index (κ3) is 5.10. The second-order valence-corrected chi connectivity index (χ2v) is 7.03. The van der Waals surface area contributed by atoms with Crippen LogP contribution >= 0.6 is 27.3 Å². The number of sulfonamides is 1. The summed E-state index contributed by atoms with van der Waals surface area (Å²) >= 11 is 4.99. The molecular weight excluding hydrogens is 298 g/mol. The van der Waals surface area contributed by atoms with Crippen LogP contribution in [0.3, 0.4) is 0 Å². The highest BCUT2D eigenvalue weighted by Gasteiger charge is 2.07. The van der Waals surface area contributed by atoms with Crippen molar-refractivity contribution in [3.8, 4) is 0 Å². The third-order valence-corrected chi connectivity index (χ3v) is 5.14. The summed E-state index contributed by atoms with van der Waals surface area (Å²) in [7, 11) is -3.05. The Kier molecular flexibility index (Phi) is 5.25. The number of rotatable bonds is 6. The Bertz CT molecular complexity index is 400. The van der Waals surface area contributed by atoms with Gasteiger partial charge in [-0.15, -0.1) is 11.3 Å². The van der Waals surface area contributed by atoms with Gasteiger partial charge in [0.25, 0.3) is 0 Å². The molecule has 1 heterocycles. The Morgan fingerprint density at radius 2 is 2.27 bits per heavy atom. The molecule has 15 heavy (non-hydrogen) atoms. The van der Waals surface area contributed by atoms with E-state index in [1.807, 2.05) is 18.4 Å². The molecule has 0 aliphatic rings. The van der Waals surface area contributed by atoms with E-state index in [0.29, 0.717) is 13.0 Å². The zero-order valence-corrected chi connectivity index (χ0v) is 11.7. The van der Waals surface area contributed by atoms with Crippen LogP contribution in [0.15, 0.2) is 15.9 Å². The first-order chi connectivity index (χ1) is 7.03. The summed E-state index contributed by atoms with van der Waals surface area (Å²) in [6.45, 7) is 2.34. The number of nitrogens with one attached hydrogen (secondary N) is 1. The van der Waals surface area contributed by atoms with E-state index in [2.05, 4.69) is 20.7 Å². The lowest BCUT2D eigenvalue weighted by Crippen LogP contribution is -2.27. The zero-order valence-electron chi connectivity index (χ0n) is 8.49. The predicted octanol–water partition coefficient (Wildman–Crippen LogP) is 2.38. The van der Waals surface area contributed by atoms with Gasteiger partial charge in [0.15, 0.2) is 0 Å². The Morgan fingerprint density at radius 3 is 2.80 bits per heavy atom. The predicted molar refractivity (Wildman–Crippen MR) is 67.8 cm³/mol. The Hall–Kier alpha value is 0.0900. The van der Waals surface area contributed by atoms with Gasteiger partial charge in [-0.2, -0.15) is 0 Å². The maximum atomic E-state index is 11.3. The molecule has 0 unspecified atom stereocenters. The number of thiophene rings is 1. The van der Waals surface area contributed by atoms with Gasteiger partial charge in [-0.3, -0.25) is 0 Å². The summed E-state index contributed by atoms with van der Waals surface area (Å²) in [6, 6.07) is 2.01. The van der Waals surface area contributed by atoms with Crippen LogP contribution < -0.4 is 4.72 Å². The zero-order chi connectivity index (χ0) is 11.3. The van der Waals surface area contributed by atoms with Crippen LogP contribution in [-0.4, -0.2) is 20.7 Å². The van der Waals surface area contributed by atoms with Gasteiger partial charge in [-0.1, -0.05) is 6.92 Å². The largest absolute Gasteiger partial charge is 0.215 e. The molecule has 1 aromatic heterocycles. The van der Waals surface area contributed by atoms with E-state index < -0.39 is 10.0 Å². The molecule has 1 rings (SSSR count). The van der Waals surface area contributed by atoms with Crippen LogP contribution in [-0.2, 0) is 16.4 Å². The molecule has 0 radical (unpaired) electrons. The molecule has 1 aromatic rings. The Labute approximate surface area is 103 Å². The molecular formula is C9H14BrNO2S2. The summed E-state index contributed by atoms with van der Waals surface area (Å²) in [5.41, 5.74) is 0. The minimum atomic E-state index is -3.05. The molecule has 86 valence electrons. The van der Waals surface area contributed by atoms with Gasteiger partial charge in [0.2, 0.25) is 10.0 Å². The number of halogens is 1. The molecule has 0 aromatic carbocycles. The molecule has 0 amide bonds. The van der Waals surface area contributed by atoms with E-state index in [-0.39, 0.29) is 5.75 Å². The van der Waals surface area contributed by atoms with Gasteiger partial charge < -0.3 is 0 Å². The normalized spacial score (nSPS) is 11.9. The van der Waals surface area contributed by atoms with Gasteiger partial charge in [0.1, 0.15) is 0 Å². The summed E-state index contributed by atoms with van der Waals surface area (Å²) in [5, 5.41) is 2.00. The van der Waals surface area contributed by atoms with Crippen molar-refractivity contribution in [2.75, 3.05) is 12.3 Å². The SMILES string of the molecule is CCCS(=O)(=O)NCCc1cc(Br)cs1. The maximum Gasteiger partial charge on any atom is 0.211 e. The van der Waals surface area contributed by atoms with Crippen molar-refractivity contribution < 1.29 is 8.42 Å². The maximum absolute atomic E-state index is 11.3. The van der Waals surface area contributed by atoms with Crippen molar-refractivity contribution in [1.29, 1.82) is 0 Å². The molecule has 0 fully saturated rings. The number of hydrogen-bond acceptors (Lipinski definition) is 3. The minimum absolute atomic E-state index is 0.209. The average Bonchev–Trinajstić information content (AvgIpc) is 2.51. The summed E-state index contributed by atoms with van der Waals surface area (Å²) in [6.07, 6.45) is 1.40. The Morgan fingerprint density at radius 1 is 1.53 bits per heavy atom. The highest BCUT2D eigenvalue weighted by Crippen LogP contribution is 2.19. The second kappa shape index (κ2) is 5.98. The van der Waals surface area contributed by atoms with E-state index in [0.717, 1.165) is 10.9 Å². The van der Waals surface area contributed by atoms with Gasteiger partial charge in [0.05, 0.1) is 5.75 Å². The fraction of sp³-hybridized carbons (Fsp3) is 0.556. The fourth-order valence-corrected chi connectivity index (χ4v) is 3.71. The fourth-order valence-electron chi connectivity index (χ4n) is 1.16. The summed E-state index contributed by atoms with van der Waals surface area (Å²) in [4.78, 5) is 1.18. The van der Waals surface area contributed by atoms with E-state index in [1.54, 1.807) is 11.3 Å². The van der Waals surface area contributed by atoms with E-state index in [1.165, 1.54) is 4.88 Å². The first kappa shape index (κ1) is 13.2. The quantitative estimate of drug-likeness (QED) is 0.876. The highest BCUT2D eigenvalue weighted by atomic mass is 79.9. The van der Waals surface area contributed by atoms with Gasteiger partial charge in [-0.05, 0) is 34.8 Å². The van der Waals surface area contributed by atoms with Crippen LogP contribution in [0.4, 0.5) is 0 Å². The minimum Gasteiger partial charge on any atom is -0.215 e. The third-order valence-electron chi connectivity index (χ3n) is 1.79. The molecule has 0 atom stereocenters. The van der Waals surface area contributed by atoms with Crippen LogP contribution in [0.25, 0.3) is 0 Å². The van der Waals surface area contributed by atoms with Crippen LogP contribution in [0.2, 0.25) is 0 Å². The molecule has 1 N–H and O–H groups in total. The Balaban J connectivity index is 2.33. The lowest BCUT2D eigenvalue weighted by atomic mass is 10.3. The van der Waals surface area contributed by atoms with Crippen molar-refractivity contribution in [2.24, 2.45) is 0 Å².